The van der Waals surface area contributed by atoms with Gasteiger partial charge in [0.15, 0.2) is 5.82 Å². The number of nitrogens with zero attached hydrogens (tertiary/aromatic N) is 2. The maximum absolute atomic E-state index is 5.91. The van der Waals surface area contributed by atoms with Gasteiger partial charge in [0.1, 0.15) is 12.1 Å². The minimum Gasteiger partial charge on any atom is -0.382 e. The first-order valence-electron chi connectivity index (χ1n) is 4.20. The molecule has 1 rings (SSSR count). The number of rotatable bonds is 5. The van der Waals surface area contributed by atoms with Gasteiger partial charge in [-0.05, 0) is 6.92 Å². The van der Waals surface area contributed by atoms with E-state index in [0.29, 0.717) is 18.3 Å². The Hall–Kier alpha value is -0.980. The van der Waals surface area contributed by atoms with Crippen LogP contribution >= 0.6 is 0 Å². The topological polar surface area (TPSA) is 83.4 Å². The lowest BCUT2D eigenvalue weighted by atomic mass is 10.1. The molecule has 1 atom stereocenters. The fraction of sp³-hybridized carbons (Fsp3) is 0.750. The number of hydrogen-bond acceptors (Lipinski definition) is 6. The van der Waals surface area contributed by atoms with Crippen molar-refractivity contribution < 1.29 is 14.0 Å². The molecule has 0 aliphatic rings. The fourth-order valence-corrected chi connectivity index (χ4v) is 1.03. The van der Waals surface area contributed by atoms with Crippen LogP contribution in [0.15, 0.2) is 4.52 Å². The monoisotopic (exact) mass is 201 g/mol. The Morgan fingerprint density at radius 1 is 1.43 bits per heavy atom. The smallest absolute Gasteiger partial charge is 0.252 e. The quantitative estimate of drug-likeness (QED) is 0.724. The summed E-state index contributed by atoms with van der Waals surface area (Å²) in [4.78, 5) is 4.08. The summed E-state index contributed by atoms with van der Waals surface area (Å²) in [5.74, 6) is 0.835. The van der Waals surface area contributed by atoms with E-state index in [-0.39, 0.29) is 6.61 Å². The number of ether oxygens (including phenoxy) is 2. The first-order valence-corrected chi connectivity index (χ1v) is 4.20. The van der Waals surface area contributed by atoms with Crippen LogP contribution < -0.4 is 5.73 Å². The van der Waals surface area contributed by atoms with E-state index in [2.05, 4.69) is 10.1 Å². The number of nitrogens with two attached hydrogens (primary N) is 1. The third-order valence-electron chi connectivity index (χ3n) is 1.69. The predicted octanol–water partition coefficient (Wildman–Crippen LogP) is 0.0363. The van der Waals surface area contributed by atoms with Crippen LogP contribution in [0.25, 0.3) is 0 Å². The zero-order chi connectivity index (χ0) is 10.6. The average molecular weight is 201 g/mol. The first-order chi connectivity index (χ1) is 6.60. The van der Waals surface area contributed by atoms with Gasteiger partial charge in [-0.2, -0.15) is 4.98 Å². The van der Waals surface area contributed by atoms with Crippen LogP contribution in [0, 0.1) is 0 Å². The maximum atomic E-state index is 5.91. The van der Waals surface area contributed by atoms with Gasteiger partial charge in [-0.1, -0.05) is 5.16 Å². The summed E-state index contributed by atoms with van der Waals surface area (Å²) in [5.41, 5.74) is 5.18. The molecule has 0 aromatic carbocycles. The molecule has 1 aromatic heterocycles. The van der Waals surface area contributed by atoms with Crippen LogP contribution in [0.1, 0.15) is 18.6 Å². The molecule has 6 nitrogen and oxygen atoms in total. The summed E-state index contributed by atoms with van der Waals surface area (Å²) in [6.45, 7) is 2.40. The van der Waals surface area contributed by atoms with Gasteiger partial charge in [0.2, 0.25) is 0 Å². The Labute approximate surface area is 82.4 Å². The number of methoxy groups -OCH3 is 2. The van der Waals surface area contributed by atoms with Crippen LogP contribution in [0.4, 0.5) is 0 Å². The summed E-state index contributed by atoms with van der Waals surface area (Å²) in [7, 11) is 3.13. The van der Waals surface area contributed by atoms with E-state index in [1.807, 2.05) is 0 Å². The molecule has 0 aliphatic heterocycles. The van der Waals surface area contributed by atoms with Crippen LogP contribution in [0.2, 0.25) is 0 Å². The minimum atomic E-state index is -0.732. The molecule has 0 fully saturated rings. The predicted molar refractivity (Wildman–Crippen MR) is 48.4 cm³/mol. The van der Waals surface area contributed by atoms with Gasteiger partial charge in [-0.15, -0.1) is 0 Å². The van der Waals surface area contributed by atoms with Crippen molar-refractivity contribution in [2.24, 2.45) is 5.73 Å². The van der Waals surface area contributed by atoms with E-state index in [1.165, 1.54) is 0 Å². The van der Waals surface area contributed by atoms with Gasteiger partial charge in [0.05, 0.1) is 6.61 Å². The van der Waals surface area contributed by atoms with E-state index >= 15 is 0 Å². The lowest BCUT2D eigenvalue weighted by Crippen LogP contribution is -2.39. The van der Waals surface area contributed by atoms with Crippen molar-refractivity contribution in [3.63, 3.8) is 0 Å². The van der Waals surface area contributed by atoms with Crippen molar-refractivity contribution in [1.82, 2.24) is 10.1 Å². The van der Waals surface area contributed by atoms with Crippen molar-refractivity contribution in [3.8, 4) is 0 Å². The van der Waals surface area contributed by atoms with Gasteiger partial charge in [0, 0.05) is 14.2 Å². The maximum Gasteiger partial charge on any atom is 0.252 e. The van der Waals surface area contributed by atoms with Crippen LogP contribution in [-0.2, 0) is 21.6 Å². The third kappa shape index (κ3) is 2.50. The molecule has 1 unspecified atom stereocenters. The Bertz CT molecular complexity index is 285. The Balaban J connectivity index is 2.74. The molecule has 0 saturated carbocycles. The van der Waals surface area contributed by atoms with E-state index in [4.69, 9.17) is 19.7 Å². The highest BCUT2D eigenvalue weighted by molar-refractivity contribution is 5.01. The standard InChI is InChI=1S/C8H15N3O3/c1-8(9,5-13-3)7-10-6(4-12-2)14-11-7/h4-5,9H2,1-3H3. The fourth-order valence-electron chi connectivity index (χ4n) is 1.03. The van der Waals surface area contributed by atoms with Crippen LogP contribution in [0.5, 0.6) is 0 Å². The highest BCUT2D eigenvalue weighted by atomic mass is 16.5. The van der Waals surface area contributed by atoms with Crippen molar-refractivity contribution in [2.45, 2.75) is 19.1 Å². The van der Waals surface area contributed by atoms with E-state index in [0.717, 1.165) is 0 Å². The molecule has 6 heteroatoms. The minimum absolute atomic E-state index is 0.288. The number of aromatic nitrogens is 2. The molecule has 80 valence electrons. The molecule has 1 aromatic rings. The van der Waals surface area contributed by atoms with E-state index < -0.39 is 5.54 Å². The summed E-state index contributed by atoms with van der Waals surface area (Å²) in [6.07, 6.45) is 0. The first kappa shape index (κ1) is 11.1. The molecule has 2 N–H and O–H groups in total. The highest BCUT2D eigenvalue weighted by Crippen LogP contribution is 2.14. The molecule has 14 heavy (non-hydrogen) atoms. The number of hydrogen-bond donors (Lipinski definition) is 1. The largest absolute Gasteiger partial charge is 0.382 e. The molecular weight excluding hydrogens is 186 g/mol. The second kappa shape index (κ2) is 4.50. The summed E-state index contributed by atoms with van der Waals surface area (Å²) >= 11 is 0. The highest BCUT2D eigenvalue weighted by Gasteiger charge is 2.27. The third-order valence-corrected chi connectivity index (χ3v) is 1.69. The van der Waals surface area contributed by atoms with Gasteiger partial charge < -0.3 is 19.7 Å². The van der Waals surface area contributed by atoms with E-state index in [9.17, 15) is 0 Å². The molecule has 0 spiro atoms. The van der Waals surface area contributed by atoms with Crippen molar-refractivity contribution >= 4 is 0 Å². The second-order valence-corrected chi connectivity index (χ2v) is 3.30. The van der Waals surface area contributed by atoms with Crippen LogP contribution in [0.3, 0.4) is 0 Å². The summed E-state index contributed by atoms with van der Waals surface area (Å²) < 4.78 is 14.7. The molecule has 0 amide bonds. The van der Waals surface area contributed by atoms with Gasteiger partial charge in [-0.3, -0.25) is 0 Å². The second-order valence-electron chi connectivity index (χ2n) is 3.30. The van der Waals surface area contributed by atoms with Crippen LogP contribution in [-0.4, -0.2) is 31.0 Å². The molecular formula is C8H15N3O3. The Morgan fingerprint density at radius 2 is 2.14 bits per heavy atom. The van der Waals surface area contributed by atoms with Crippen molar-refractivity contribution in [1.29, 1.82) is 0 Å². The molecule has 0 aliphatic carbocycles. The lowest BCUT2D eigenvalue weighted by Gasteiger charge is -2.18. The SMILES string of the molecule is COCc1nc(C(C)(N)COC)no1. The summed E-state index contributed by atoms with van der Waals surface area (Å²) in [6, 6.07) is 0. The van der Waals surface area contributed by atoms with Gasteiger partial charge in [-0.25, -0.2) is 0 Å². The summed E-state index contributed by atoms with van der Waals surface area (Å²) in [5, 5.41) is 3.75. The zero-order valence-corrected chi connectivity index (χ0v) is 8.61. The molecule has 1 heterocycles. The Kier molecular flexibility index (Phi) is 3.56. The van der Waals surface area contributed by atoms with Gasteiger partial charge in [0.25, 0.3) is 5.89 Å². The zero-order valence-electron chi connectivity index (χ0n) is 8.61. The Morgan fingerprint density at radius 3 is 2.71 bits per heavy atom. The molecule has 0 radical (unpaired) electrons. The van der Waals surface area contributed by atoms with Crippen molar-refractivity contribution in [2.75, 3.05) is 20.8 Å². The molecule has 0 saturated heterocycles. The lowest BCUT2D eigenvalue weighted by molar-refractivity contribution is 0.134. The van der Waals surface area contributed by atoms with Gasteiger partial charge >= 0.3 is 0 Å². The normalized spacial score (nSPS) is 15.4. The average Bonchev–Trinajstić information content (AvgIpc) is 2.54. The molecule has 0 bridgehead atoms. The van der Waals surface area contributed by atoms with E-state index in [1.54, 1.807) is 21.1 Å². The van der Waals surface area contributed by atoms with Crippen molar-refractivity contribution in [3.05, 3.63) is 11.7 Å².